The van der Waals surface area contributed by atoms with Crippen LogP contribution in [0.3, 0.4) is 0 Å². The highest BCUT2D eigenvalue weighted by Crippen LogP contribution is 2.27. The molecule has 0 saturated heterocycles. The van der Waals surface area contributed by atoms with Gasteiger partial charge in [-0.25, -0.2) is 18.9 Å². The van der Waals surface area contributed by atoms with E-state index in [0.29, 0.717) is 22.3 Å². The Hall–Kier alpha value is -3.11. The Morgan fingerprint density at radius 3 is 2.65 bits per heavy atom. The highest BCUT2D eigenvalue weighted by molar-refractivity contribution is 7.93. The number of rotatable bonds is 5. The Bertz CT molecular complexity index is 1080. The molecule has 0 unspecified atom stereocenters. The van der Waals surface area contributed by atoms with E-state index in [0.717, 1.165) is 5.56 Å². The van der Waals surface area contributed by atoms with Crippen molar-refractivity contribution in [1.82, 2.24) is 20.4 Å². The second kappa shape index (κ2) is 7.02. The maximum absolute atomic E-state index is 12.2. The molecule has 3 heterocycles. The zero-order valence-corrected chi connectivity index (χ0v) is 14.5. The number of fused-ring (bicyclic) bond motifs is 1. The van der Waals surface area contributed by atoms with Crippen molar-refractivity contribution in [2.24, 2.45) is 0 Å². The maximum atomic E-state index is 12.2. The van der Waals surface area contributed by atoms with Crippen molar-refractivity contribution < 1.29 is 18.4 Å². The van der Waals surface area contributed by atoms with Crippen LogP contribution in [0.25, 0.3) is 22.3 Å². The van der Waals surface area contributed by atoms with Crippen LogP contribution in [-0.2, 0) is 14.8 Å². The van der Waals surface area contributed by atoms with Gasteiger partial charge >= 0.3 is 0 Å². The van der Waals surface area contributed by atoms with Gasteiger partial charge in [0.15, 0.2) is 11.6 Å². The molecule has 3 aromatic heterocycles. The molecule has 3 rings (SSSR count). The third-order valence-electron chi connectivity index (χ3n) is 3.54. The van der Waals surface area contributed by atoms with Crippen LogP contribution in [0.1, 0.15) is 5.56 Å². The Kier molecular flexibility index (Phi) is 4.78. The van der Waals surface area contributed by atoms with E-state index in [4.69, 9.17) is 5.21 Å². The molecule has 0 radical (unpaired) electrons. The molecular weight excluding hydrogens is 358 g/mol. The largest absolute Gasteiger partial charge is 0.289 e. The van der Waals surface area contributed by atoms with Crippen LogP contribution in [0.5, 0.6) is 0 Å². The SMILES string of the molecule is Cc1cccnc1-c1cc2cccnc2c(NS(=O)(=O)CC(=O)NO)n1. The number of carbonyl (C=O) groups excluding carboxylic acids is 1. The number of pyridine rings is 3. The number of nitrogens with zero attached hydrogens (tertiary/aromatic N) is 3. The third-order valence-corrected chi connectivity index (χ3v) is 4.68. The van der Waals surface area contributed by atoms with Crippen molar-refractivity contribution in [2.45, 2.75) is 6.92 Å². The van der Waals surface area contributed by atoms with Gasteiger partial charge in [0.2, 0.25) is 10.0 Å². The summed E-state index contributed by atoms with van der Waals surface area (Å²) < 4.78 is 26.6. The number of aryl methyl sites for hydroxylation is 1. The lowest BCUT2D eigenvalue weighted by Gasteiger charge is -2.11. The molecule has 0 aliphatic carbocycles. The first-order valence-electron chi connectivity index (χ1n) is 7.51. The highest BCUT2D eigenvalue weighted by Gasteiger charge is 2.20. The van der Waals surface area contributed by atoms with Gasteiger partial charge in [-0.1, -0.05) is 12.1 Å². The fourth-order valence-electron chi connectivity index (χ4n) is 2.42. The summed E-state index contributed by atoms with van der Waals surface area (Å²) in [5.74, 6) is -2.04. The van der Waals surface area contributed by atoms with Crippen LogP contribution < -0.4 is 10.2 Å². The maximum Gasteiger partial charge on any atom is 0.260 e. The molecule has 3 aromatic rings. The third kappa shape index (κ3) is 3.76. The van der Waals surface area contributed by atoms with Crippen LogP contribution in [0.2, 0.25) is 0 Å². The summed E-state index contributed by atoms with van der Waals surface area (Å²) >= 11 is 0. The van der Waals surface area contributed by atoms with E-state index in [9.17, 15) is 13.2 Å². The lowest BCUT2D eigenvalue weighted by molar-refractivity contribution is -0.126. The van der Waals surface area contributed by atoms with Gasteiger partial charge < -0.3 is 0 Å². The second-order valence-electron chi connectivity index (χ2n) is 5.50. The number of carbonyl (C=O) groups is 1. The van der Waals surface area contributed by atoms with Gasteiger partial charge in [-0.15, -0.1) is 0 Å². The average Bonchev–Trinajstić information content (AvgIpc) is 2.61. The molecule has 0 aliphatic rings. The smallest absolute Gasteiger partial charge is 0.260 e. The minimum absolute atomic E-state index is 0.0195. The minimum atomic E-state index is -4.09. The molecular formula is C16H15N5O4S. The fourth-order valence-corrected chi connectivity index (χ4v) is 3.34. The van der Waals surface area contributed by atoms with Crippen molar-refractivity contribution in [1.29, 1.82) is 0 Å². The fraction of sp³-hybridized carbons (Fsp3) is 0.125. The van der Waals surface area contributed by atoms with Gasteiger partial charge in [0.05, 0.1) is 11.4 Å². The molecule has 0 spiro atoms. The number of hydrogen-bond donors (Lipinski definition) is 3. The number of nitrogens with one attached hydrogen (secondary N) is 2. The average molecular weight is 373 g/mol. The lowest BCUT2D eigenvalue weighted by atomic mass is 10.1. The van der Waals surface area contributed by atoms with Crippen LogP contribution >= 0.6 is 0 Å². The molecule has 3 N–H and O–H groups in total. The second-order valence-corrected chi connectivity index (χ2v) is 7.22. The molecule has 0 saturated carbocycles. The van der Waals surface area contributed by atoms with Crippen LogP contribution in [-0.4, -0.2) is 40.2 Å². The van der Waals surface area contributed by atoms with E-state index in [1.165, 1.54) is 11.7 Å². The highest BCUT2D eigenvalue weighted by atomic mass is 32.2. The van der Waals surface area contributed by atoms with Crippen molar-refractivity contribution >= 4 is 32.7 Å². The molecule has 0 atom stereocenters. The molecule has 134 valence electrons. The number of aromatic nitrogens is 3. The van der Waals surface area contributed by atoms with Crippen molar-refractivity contribution in [2.75, 3.05) is 10.5 Å². The molecule has 9 nitrogen and oxygen atoms in total. The molecule has 0 fully saturated rings. The zero-order valence-electron chi connectivity index (χ0n) is 13.7. The molecule has 26 heavy (non-hydrogen) atoms. The van der Waals surface area contributed by atoms with E-state index < -0.39 is 21.7 Å². The van der Waals surface area contributed by atoms with Gasteiger partial charge in [-0.05, 0) is 30.7 Å². The summed E-state index contributed by atoms with van der Waals surface area (Å²) in [4.78, 5) is 24.0. The molecule has 1 amide bonds. The van der Waals surface area contributed by atoms with E-state index in [1.54, 1.807) is 30.5 Å². The van der Waals surface area contributed by atoms with Gasteiger partial charge in [0.25, 0.3) is 5.91 Å². The summed E-state index contributed by atoms with van der Waals surface area (Å²) in [5.41, 5.74) is 3.56. The first-order valence-corrected chi connectivity index (χ1v) is 9.16. The number of hydroxylamine groups is 1. The molecule has 0 bridgehead atoms. The van der Waals surface area contributed by atoms with Crippen molar-refractivity contribution in [3.63, 3.8) is 0 Å². The lowest BCUT2D eigenvalue weighted by Crippen LogP contribution is -2.31. The summed E-state index contributed by atoms with van der Waals surface area (Å²) in [7, 11) is -4.09. The van der Waals surface area contributed by atoms with E-state index in [1.807, 2.05) is 13.0 Å². The topological polar surface area (TPSA) is 134 Å². The number of hydrogen-bond acceptors (Lipinski definition) is 7. The molecule has 0 aromatic carbocycles. The van der Waals surface area contributed by atoms with Crippen LogP contribution in [0, 0.1) is 6.92 Å². The van der Waals surface area contributed by atoms with Crippen LogP contribution in [0.15, 0.2) is 42.7 Å². The first-order chi connectivity index (χ1) is 12.4. The summed E-state index contributed by atoms with van der Waals surface area (Å²) in [6.07, 6.45) is 3.13. The predicted octanol–water partition coefficient (Wildman–Crippen LogP) is 1.25. The minimum Gasteiger partial charge on any atom is -0.289 e. The number of amides is 1. The molecule has 0 aliphatic heterocycles. The predicted molar refractivity (Wildman–Crippen MR) is 94.8 cm³/mol. The Balaban J connectivity index is 2.12. The summed E-state index contributed by atoms with van der Waals surface area (Å²) in [6.45, 7) is 1.87. The van der Waals surface area contributed by atoms with Crippen molar-refractivity contribution in [3.8, 4) is 11.4 Å². The van der Waals surface area contributed by atoms with Crippen LogP contribution in [0.4, 0.5) is 5.82 Å². The van der Waals surface area contributed by atoms with Gasteiger partial charge in [0.1, 0.15) is 5.52 Å². The summed E-state index contributed by atoms with van der Waals surface area (Å²) in [6, 6.07) is 8.90. The van der Waals surface area contributed by atoms with Gasteiger partial charge in [-0.2, -0.15) is 0 Å². The Labute approximate surface area is 149 Å². The number of sulfonamides is 1. The van der Waals surface area contributed by atoms with E-state index in [2.05, 4.69) is 19.7 Å². The Morgan fingerprint density at radius 1 is 1.19 bits per heavy atom. The zero-order chi connectivity index (χ0) is 18.7. The monoisotopic (exact) mass is 373 g/mol. The molecule has 10 heteroatoms. The van der Waals surface area contributed by atoms with Crippen molar-refractivity contribution in [3.05, 3.63) is 48.3 Å². The van der Waals surface area contributed by atoms with Gasteiger partial charge in [0, 0.05) is 17.8 Å². The normalized spacial score (nSPS) is 11.3. The quantitative estimate of drug-likeness (QED) is 0.452. The first kappa shape index (κ1) is 17.7. The number of anilines is 1. The summed E-state index contributed by atoms with van der Waals surface area (Å²) in [5, 5.41) is 9.19. The Morgan fingerprint density at radius 2 is 1.92 bits per heavy atom. The standard InChI is InChI=1S/C16H15N5O4S/c1-10-4-2-6-17-14(10)12-8-11-5-3-7-18-15(11)16(19-12)21-26(24,25)9-13(22)20-23/h2-8,23H,9H2,1H3,(H,19,21)(H,20,22). The van der Waals surface area contributed by atoms with E-state index in [-0.39, 0.29) is 5.82 Å². The van der Waals surface area contributed by atoms with Gasteiger partial charge in [-0.3, -0.25) is 24.7 Å². The van der Waals surface area contributed by atoms with E-state index >= 15 is 0 Å².